The standard InChI is InChI=1S/C12H10Br2OS/c13-11-4-2-1-3-9(11)7-15-8-10-5-6-12(14)16-10/h1-6H,7-8H2. The van der Waals surface area contributed by atoms with Crippen LogP contribution in [0.4, 0.5) is 0 Å². The fraction of sp³-hybridized carbons (Fsp3) is 0.167. The minimum Gasteiger partial charge on any atom is -0.371 e. The molecule has 0 aliphatic carbocycles. The SMILES string of the molecule is Brc1ccc(COCc2ccccc2Br)s1. The first kappa shape index (κ1) is 12.3. The van der Waals surface area contributed by atoms with Crippen molar-refractivity contribution < 1.29 is 4.74 Å². The van der Waals surface area contributed by atoms with E-state index in [4.69, 9.17) is 4.74 Å². The summed E-state index contributed by atoms with van der Waals surface area (Å²) in [5.41, 5.74) is 1.18. The molecule has 0 fully saturated rings. The van der Waals surface area contributed by atoms with Gasteiger partial charge in [-0.1, -0.05) is 34.1 Å². The highest BCUT2D eigenvalue weighted by atomic mass is 79.9. The van der Waals surface area contributed by atoms with E-state index in [9.17, 15) is 0 Å². The molecule has 1 heterocycles. The maximum atomic E-state index is 5.66. The zero-order valence-electron chi connectivity index (χ0n) is 8.45. The van der Waals surface area contributed by atoms with Gasteiger partial charge in [-0.25, -0.2) is 0 Å². The Morgan fingerprint density at radius 2 is 1.81 bits per heavy atom. The Hall–Kier alpha value is -0.160. The molecule has 0 saturated carbocycles. The van der Waals surface area contributed by atoms with Crippen molar-refractivity contribution in [1.29, 1.82) is 0 Å². The number of hydrogen-bond acceptors (Lipinski definition) is 2. The van der Waals surface area contributed by atoms with Gasteiger partial charge in [0.05, 0.1) is 17.0 Å². The Bertz CT molecular complexity index is 468. The van der Waals surface area contributed by atoms with E-state index in [0.29, 0.717) is 13.2 Å². The van der Waals surface area contributed by atoms with Gasteiger partial charge in [-0.2, -0.15) is 0 Å². The Balaban J connectivity index is 1.87. The maximum absolute atomic E-state index is 5.66. The van der Waals surface area contributed by atoms with E-state index in [1.54, 1.807) is 11.3 Å². The van der Waals surface area contributed by atoms with Gasteiger partial charge in [0.15, 0.2) is 0 Å². The van der Waals surface area contributed by atoms with E-state index in [0.717, 1.165) is 8.26 Å². The van der Waals surface area contributed by atoms with Crippen molar-refractivity contribution in [2.24, 2.45) is 0 Å². The molecular formula is C12H10Br2OS. The second-order valence-electron chi connectivity index (χ2n) is 3.29. The van der Waals surface area contributed by atoms with Gasteiger partial charge in [-0.3, -0.25) is 0 Å². The fourth-order valence-electron chi connectivity index (χ4n) is 1.31. The maximum Gasteiger partial charge on any atom is 0.0814 e. The second-order valence-corrected chi connectivity index (χ2v) is 6.69. The largest absolute Gasteiger partial charge is 0.371 e. The van der Waals surface area contributed by atoms with E-state index in [1.807, 2.05) is 24.3 Å². The topological polar surface area (TPSA) is 9.23 Å². The lowest BCUT2D eigenvalue weighted by atomic mass is 10.2. The number of benzene rings is 1. The molecule has 84 valence electrons. The predicted molar refractivity (Wildman–Crippen MR) is 74.7 cm³/mol. The lowest BCUT2D eigenvalue weighted by molar-refractivity contribution is 0.109. The summed E-state index contributed by atoms with van der Waals surface area (Å²) in [6.45, 7) is 1.30. The Kier molecular flexibility index (Phi) is 4.58. The molecule has 0 unspecified atom stereocenters. The van der Waals surface area contributed by atoms with Gasteiger partial charge < -0.3 is 4.74 Å². The van der Waals surface area contributed by atoms with Gasteiger partial charge in [0.25, 0.3) is 0 Å². The molecule has 0 aliphatic heterocycles. The molecule has 0 spiro atoms. The first-order valence-electron chi connectivity index (χ1n) is 4.81. The van der Waals surface area contributed by atoms with Gasteiger partial charge in [0.1, 0.15) is 0 Å². The van der Waals surface area contributed by atoms with E-state index in [2.05, 4.69) is 44.0 Å². The number of ether oxygens (including phenoxy) is 1. The molecule has 0 N–H and O–H groups in total. The smallest absolute Gasteiger partial charge is 0.0814 e. The summed E-state index contributed by atoms with van der Waals surface area (Å²) in [4.78, 5) is 1.24. The number of hydrogen-bond donors (Lipinski definition) is 0. The van der Waals surface area contributed by atoms with Crippen LogP contribution < -0.4 is 0 Å². The van der Waals surface area contributed by atoms with Crippen LogP contribution >= 0.6 is 43.2 Å². The quantitative estimate of drug-likeness (QED) is 0.745. The first-order chi connectivity index (χ1) is 7.75. The third kappa shape index (κ3) is 3.42. The number of halogens is 2. The molecule has 4 heteroatoms. The summed E-state index contributed by atoms with van der Waals surface area (Å²) in [6, 6.07) is 12.2. The minimum absolute atomic E-state index is 0.636. The highest BCUT2D eigenvalue weighted by Crippen LogP contribution is 2.23. The van der Waals surface area contributed by atoms with Crippen molar-refractivity contribution in [2.45, 2.75) is 13.2 Å². The Labute approximate surface area is 116 Å². The summed E-state index contributed by atoms with van der Waals surface area (Å²) in [7, 11) is 0. The lowest BCUT2D eigenvalue weighted by Gasteiger charge is -2.04. The fourth-order valence-corrected chi connectivity index (χ4v) is 3.13. The summed E-state index contributed by atoms with van der Waals surface area (Å²) in [5, 5.41) is 0. The van der Waals surface area contributed by atoms with Gasteiger partial charge in [-0.05, 0) is 39.7 Å². The van der Waals surface area contributed by atoms with Crippen LogP contribution in [0.15, 0.2) is 44.7 Å². The van der Waals surface area contributed by atoms with Gasteiger partial charge >= 0.3 is 0 Å². The van der Waals surface area contributed by atoms with Crippen LogP contribution in [0.2, 0.25) is 0 Å². The monoisotopic (exact) mass is 360 g/mol. The van der Waals surface area contributed by atoms with Crippen molar-refractivity contribution in [2.75, 3.05) is 0 Å². The lowest BCUT2D eigenvalue weighted by Crippen LogP contribution is -1.93. The molecule has 0 saturated heterocycles. The zero-order valence-corrected chi connectivity index (χ0v) is 12.4. The first-order valence-corrected chi connectivity index (χ1v) is 7.21. The zero-order chi connectivity index (χ0) is 11.4. The molecule has 2 aromatic rings. The van der Waals surface area contributed by atoms with Crippen LogP contribution in [0, 0.1) is 0 Å². The molecule has 0 atom stereocenters. The molecule has 1 aromatic carbocycles. The van der Waals surface area contributed by atoms with Crippen molar-refractivity contribution in [3.8, 4) is 0 Å². The van der Waals surface area contributed by atoms with Crippen molar-refractivity contribution >= 4 is 43.2 Å². The van der Waals surface area contributed by atoms with Crippen LogP contribution in [0.5, 0.6) is 0 Å². The van der Waals surface area contributed by atoms with Gasteiger partial charge in [-0.15, -0.1) is 11.3 Å². The molecule has 2 rings (SSSR count). The van der Waals surface area contributed by atoms with Crippen molar-refractivity contribution in [3.63, 3.8) is 0 Å². The Morgan fingerprint density at radius 1 is 1.00 bits per heavy atom. The summed E-state index contributed by atoms with van der Waals surface area (Å²) >= 11 is 8.64. The molecule has 16 heavy (non-hydrogen) atoms. The molecule has 0 radical (unpaired) electrons. The second kappa shape index (κ2) is 5.96. The van der Waals surface area contributed by atoms with E-state index < -0.39 is 0 Å². The average molecular weight is 362 g/mol. The summed E-state index contributed by atoms with van der Waals surface area (Å²) < 4.78 is 7.90. The minimum atomic E-state index is 0.636. The normalized spacial score (nSPS) is 10.6. The number of thiophene rings is 1. The van der Waals surface area contributed by atoms with Gasteiger partial charge in [0.2, 0.25) is 0 Å². The highest BCUT2D eigenvalue weighted by molar-refractivity contribution is 9.11. The molecular weight excluding hydrogens is 352 g/mol. The van der Waals surface area contributed by atoms with Crippen molar-refractivity contribution in [1.82, 2.24) is 0 Å². The summed E-state index contributed by atoms with van der Waals surface area (Å²) in [5.74, 6) is 0. The van der Waals surface area contributed by atoms with Gasteiger partial charge in [0, 0.05) is 9.35 Å². The van der Waals surface area contributed by atoms with E-state index in [-0.39, 0.29) is 0 Å². The van der Waals surface area contributed by atoms with Crippen LogP contribution in [0.1, 0.15) is 10.4 Å². The molecule has 1 aromatic heterocycles. The van der Waals surface area contributed by atoms with Crippen LogP contribution in [0.3, 0.4) is 0 Å². The Morgan fingerprint density at radius 3 is 2.50 bits per heavy atom. The van der Waals surface area contributed by atoms with Crippen LogP contribution in [0.25, 0.3) is 0 Å². The summed E-state index contributed by atoms with van der Waals surface area (Å²) in [6.07, 6.45) is 0. The third-order valence-electron chi connectivity index (χ3n) is 2.09. The molecule has 0 amide bonds. The average Bonchev–Trinajstić information content (AvgIpc) is 2.67. The predicted octanol–water partition coefficient (Wildman–Crippen LogP) is 4.99. The van der Waals surface area contributed by atoms with E-state index >= 15 is 0 Å². The van der Waals surface area contributed by atoms with Crippen LogP contribution in [-0.2, 0) is 18.0 Å². The van der Waals surface area contributed by atoms with E-state index in [1.165, 1.54) is 10.4 Å². The highest BCUT2D eigenvalue weighted by Gasteiger charge is 2.00. The van der Waals surface area contributed by atoms with Crippen molar-refractivity contribution in [3.05, 3.63) is 55.1 Å². The number of rotatable bonds is 4. The van der Waals surface area contributed by atoms with Crippen LogP contribution in [-0.4, -0.2) is 0 Å². The molecule has 0 bridgehead atoms. The molecule has 0 aliphatic rings. The molecule has 1 nitrogen and oxygen atoms in total. The third-order valence-corrected chi connectivity index (χ3v) is 4.46.